The fourth-order valence-corrected chi connectivity index (χ4v) is 1.26. The fraction of sp³-hybridized carbons (Fsp3) is 0.750. The van der Waals surface area contributed by atoms with Crippen molar-refractivity contribution in [2.24, 2.45) is 5.11 Å². The van der Waals surface area contributed by atoms with Crippen LogP contribution in [0.1, 0.15) is 0 Å². The number of ether oxygens (including phenoxy) is 1. The van der Waals surface area contributed by atoms with Gasteiger partial charge in [-0.2, -0.15) is 0 Å². The molecule has 0 atom stereocenters. The molecular weight excluding hydrogens is 168 g/mol. The Morgan fingerprint density at radius 1 is 1.54 bits per heavy atom. The van der Waals surface area contributed by atoms with E-state index in [0.29, 0.717) is 6.54 Å². The Morgan fingerprint density at radius 2 is 2.23 bits per heavy atom. The van der Waals surface area contributed by atoms with Gasteiger partial charge in [0, 0.05) is 31.1 Å². The van der Waals surface area contributed by atoms with Crippen molar-refractivity contribution >= 4 is 0 Å². The molecule has 1 saturated heterocycles. The molecule has 0 unspecified atom stereocenters. The van der Waals surface area contributed by atoms with Crippen molar-refractivity contribution in [2.75, 3.05) is 39.4 Å². The monoisotopic (exact) mass is 182 g/mol. The van der Waals surface area contributed by atoms with E-state index in [9.17, 15) is 0 Å². The lowest BCUT2D eigenvalue weighted by molar-refractivity contribution is 0.0422. The summed E-state index contributed by atoms with van der Waals surface area (Å²) in [5.74, 6) is 0. The van der Waals surface area contributed by atoms with E-state index in [2.05, 4.69) is 21.5 Å². The third kappa shape index (κ3) is 3.94. The lowest BCUT2D eigenvalue weighted by atomic mass is 10.2. The molecule has 5 heteroatoms. The van der Waals surface area contributed by atoms with E-state index in [0.717, 1.165) is 38.4 Å². The molecule has 0 N–H and O–H groups in total. The lowest BCUT2D eigenvalue weighted by Gasteiger charge is -2.26. The first kappa shape index (κ1) is 10.1. The van der Waals surface area contributed by atoms with Crippen LogP contribution in [0.15, 0.2) is 17.3 Å². The maximum atomic E-state index is 8.10. The highest BCUT2D eigenvalue weighted by atomic mass is 16.5. The molecule has 0 bridgehead atoms. The van der Waals surface area contributed by atoms with E-state index in [1.54, 1.807) is 0 Å². The molecule has 1 fully saturated rings. The van der Waals surface area contributed by atoms with Crippen LogP contribution >= 0.6 is 0 Å². The zero-order valence-corrected chi connectivity index (χ0v) is 7.65. The lowest BCUT2D eigenvalue weighted by Crippen LogP contribution is -2.37. The highest BCUT2D eigenvalue weighted by molar-refractivity contribution is 5.00. The van der Waals surface area contributed by atoms with Crippen molar-refractivity contribution in [2.45, 2.75) is 0 Å². The predicted molar refractivity (Wildman–Crippen MR) is 50.4 cm³/mol. The largest absolute Gasteiger partial charge is 0.379 e. The van der Waals surface area contributed by atoms with Gasteiger partial charge in [0.15, 0.2) is 0 Å². The van der Waals surface area contributed by atoms with Gasteiger partial charge in [0.1, 0.15) is 0 Å². The third-order valence-electron chi connectivity index (χ3n) is 1.91. The van der Waals surface area contributed by atoms with Gasteiger partial charge in [-0.15, -0.1) is 0 Å². The number of rotatable bonds is 4. The first-order valence-corrected chi connectivity index (χ1v) is 4.30. The standard InChI is InChI=1S/C8H14N4O/c1-8(6-10-11-9)7-12-2-4-13-5-3-12/h1-7H2. The zero-order chi connectivity index (χ0) is 9.52. The fourth-order valence-electron chi connectivity index (χ4n) is 1.26. The molecule has 0 aromatic carbocycles. The van der Waals surface area contributed by atoms with Crippen molar-refractivity contribution in [3.05, 3.63) is 22.6 Å². The minimum Gasteiger partial charge on any atom is -0.379 e. The molecule has 13 heavy (non-hydrogen) atoms. The molecule has 72 valence electrons. The number of hydrogen-bond donors (Lipinski definition) is 0. The van der Waals surface area contributed by atoms with Gasteiger partial charge >= 0.3 is 0 Å². The minimum absolute atomic E-state index is 0.397. The molecule has 0 amide bonds. The highest BCUT2D eigenvalue weighted by Gasteiger charge is 2.10. The number of morpholine rings is 1. The van der Waals surface area contributed by atoms with E-state index in [4.69, 9.17) is 10.3 Å². The van der Waals surface area contributed by atoms with Gasteiger partial charge in [0.2, 0.25) is 0 Å². The smallest absolute Gasteiger partial charge is 0.0594 e. The maximum Gasteiger partial charge on any atom is 0.0594 e. The molecule has 1 aliphatic rings. The molecule has 0 aromatic rings. The summed E-state index contributed by atoms with van der Waals surface area (Å²) in [6.07, 6.45) is 0. The molecule has 5 nitrogen and oxygen atoms in total. The van der Waals surface area contributed by atoms with Crippen LogP contribution in [-0.4, -0.2) is 44.3 Å². The van der Waals surface area contributed by atoms with Crippen LogP contribution < -0.4 is 0 Å². The Bertz CT molecular complexity index is 216. The van der Waals surface area contributed by atoms with Crippen LogP contribution in [0.5, 0.6) is 0 Å². The molecule has 0 aliphatic carbocycles. The van der Waals surface area contributed by atoms with Crippen LogP contribution in [0.4, 0.5) is 0 Å². The third-order valence-corrected chi connectivity index (χ3v) is 1.91. The van der Waals surface area contributed by atoms with Gasteiger partial charge in [-0.1, -0.05) is 17.3 Å². The Balaban J connectivity index is 2.21. The topological polar surface area (TPSA) is 61.2 Å². The van der Waals surface area contributed by atoms with Crippen LogP contribution in [-0.2, 0) is 4.74 Å². The van der Waals surface area contributed by atoms with Crippen molar-refractivity contribution in [1.82, 2.24) is 4.90 Å². The normalized spacial score (nSPS) is 17.8. The number of nitrogens with zero attached hydrogens (tertiary/aromatic N) is 4. The predicted octanol–water partition coefficient (Wildman–Crippen LogP) is 1.19. The summed E-state index contributed by atoms with van der Waals surface area (Å²) >= 11 is 0. The molecule has 0 spiro atoms. The SMILES string of the molecule is C=C(CN=[N+]=[N-])CN1CCOCC1. The highest BCUT2D eigenvalue weighted by Crippen LogP contribution is 2.01. The van der Waals surface area contributed by atoms with Gasteiger partial charge < -0.3 is 4.74 Å². The summed E-state index contributed by atoms with van der Waals surface area (Å²) in [7, 11) is 0. The van der Waals surface area contributed by atoms with Crippen molar-refractivity contribution in [3.8, 4) is 0 Å². The van der Waals surface area contributed by atoms with Crippen molar-refractivity contribution < 1.29 is 4.74 Å². The second-order valence-electron chi connectivity index (χ2n) is 3.03. The summed E-state index contributed by atoms with van der Waals surface area (Å²) in [4.78, 5) is 4.94. The Hall–Kier alpha value is -1.03. The van der Waals surface area contributed by atoms with E-state index in [1.807, 2.05) is 0 Å². The minimum atomic E-state index is 0.397. The maximum absolute atomic E-state index is 8.10. The summed E-state index contributed by atoms with van der Waals surface area (Å²) in [6, 6.07) is 0. The van der Waals surface area contributed by atoms with Gasteiger partial charge in [0.25, 0.3) is 0 Å². The molecular formula is C8H14N4O. The molecule has 1 heterocycles. The van der Waals surface area contributed by atoms with Crippen LogP contribution in [0.25, 0.3) is 10.4 Å². The van der Waals surface area contributed by atoms with Gasteiger partial charge in [0.05, 0.1) is 13.2 Å². The Labute approximate surface area is 77.6 Å². The zero-order valence-electron chi connectivity index (χ0n) is 7.65. The number of azide groups is 1. The Kier molecular flexibility index (Phi) is 4.32. The van der Waals surface area contributed by atoms with Gasteiger partial charge in [-0.05, 0) is 5.53 Å². The van der Waals surface area contributed by atoms with E-state index in [-0.39, 0.29) is 0 Å². The molecule has 1 rings (SSSR count). The average Bonchev–Trinajstić information content (AvgIpc) is 2.16. The average molecular weight is 182 g/mol. The summed E-state index contributed by atoms with van der Waals surface area (Å²) in [5, 5.41) is 3.46. The van der Waals surface area contributed by atoms with Crippen LogP contribution in [0.2, 0.25) is 0 Å². The van der Waals surface area contributed by atoms with Crippen LogP contribution in [0, 0.1) is 0 Å². The van der Waals surface area contributed by atoms with E-state index in [1.165, 1.54) is 0 Å². The summed E-state index contributed by atoms with van der Waals surface area (Å²) < 4.78 is 5.21. The summed E-state index contributed by atoms with van der Waals surface area (Å²) in [6.45, 7) is 8.50. The molecule has 1 aliphatic heterocycles. The van der Waals surface area contributed by atoms with Crippen LogP contribution in [0.3, 0.4) is 0 Å². The van der Waals surface area contributed by atoms with E-state index >= 15 is 0 Å². The Morgan fingerprint density at radius 3 is 2.85 bits per heavy atom. The second-order valence-corrected chi connectivity index (χ2v) is 3.03. The molecule has 0 saturated carbocycles. The quantitative estimate of drug-likeness (QED) is 0.284. The van der Waals surface area contributed by atoms with E-state index < -0.39 is 0 Å². The first-order valence-electron chi connectivity index (χ1n) is 4.30. The molecule has 0 aromatic heterocycles. The number of hydrogen-bond acceptors (Lipinski definition) is 3. The summed E-state index contributed by atoms with van der Waals surface area (Å²) in [5.41, 5.74) is 9.06. The van der Waals surface area contributed by atoms with Gasteiger partial charge in [-0.3, -0.25) is 4.90 Å². The van der Waals surface area contributed by atoms with Crippen molar-refractivity contribution in [3.63, 3.8) is 0 Å². The second kappa shape index (κ2) is 5.59. The van der Waals surface area contributed by atoms with Gasteiger partial charge in [-0.25, -0.2) is 0 Å². The first-order chi connectivity index (χ1) is 6.33. The molecule has 0 radical (unpaired) electrons. The van der Waals surface area contributed by atoms with Crippen molar-refractivity contribution in [1.29, 1.82) is 0 Å².